The lowest BCUT2D eigenvalue weighted by atomic mass is 10.2. The normalized spacial score (nSPS) is 17.5. The number of benzene rings is 1. The molecule has 0 N–H and O–H groups in total. The molecular weight excluding hydrogens is 236 g/mol. The van der Waals surface area contributed by atoms with E-state index in [2.05, 4.69) is 0 Å². The summed E-state index contributed by atoms with van der Waals surface area (Å²) < 4.78 is 10.4. The Morgan fingerprint density at radius 1 is 1.28 bits per heavy atom. The average Bonchev–Trinajstić information content (AvgIpc) is 2.95. The zero-order valence-corrected chi connectivity index (χ0v) is 9.88. The SMILES string of the molecule is CN1CN(C(=O)c2ccc3c(c2)OCO3)CC1=O. The third-order valence-corrected chi connectivity index (χ3v) is 3.04. The van der Waals surface area contributed by atoms with Crippen molar-refractivity contribution in [1.82, 2.24) is 9.80 Å². The molecule has 94 valence electrons. The molecule has 0 aromatic heterocycles. The van der Waals surface area contributed by atoms with Crippen molar-refractivity contribution < 1.29 is 19.1 Å². The van der Waals surface area contributed by atoms with Gasteiger partial charge < -0.3 is 19.3 Å². The van der Waals surface area contributed by atoms with Crippen molar-refractivity contribution in [2.75, 3.05) is 27.1 Å². The summed E-state index contributed by atoms with van der Waals surface area (Å²) in [6, 6.07) is 5.03. The maximum Gasteiger partial charge on any atom is 0.255 e. The van der Waals surface area contributed by atoms with Gasteiger partial charge in [0.1, 0.15) is 6.54 Å². The first-order valence-corrected chi connectivity index (χ1v) is 5.58. The Morgan fingerprint density at radius 3 is 2.78 bits per heavy atom. The molecule has 0 spiro atoms. The molecule has 0 atom stereocenters. The molecule has 6 heteroatoms. The highest BCUT2D eigenvalue weighted by Crippen LogP contribution is 2.32. The molecule has 0 radical (unpaired) electrons. The van der Waals surface area contributed by atoms with E-state index in [1.54, 1.807) is 25.2 Å². The van der Waals surface area contributed by atoms with Crippen LogP contribution in [0.5, 0.6) is 11.5 Å². The van der Waals surface area contributed by atoms with Crippen LogP contribution in [0.15, 0.2) is 18.2 Å². The van der Waals surface area contributed by atoms with Crippen molar-refractivity contribution in [3.63, 3.8) is 0 Å². The van der Waals surface area contributed by atoms with E-state index in [4.69, 9.17) is 9.47 Å². The summed E-state index contributed by atoms with van der Waals surface area (Å²) in [4.78, 5) is 26.6. The zero-order valence-electron chi connectivity index (χ0n) is 9.88. The van der Waals surface area contributed by atoms with Crippen LogP contribution in [-0.4, -0.2) is 48.7 Å². The number of fused-ring (bicyclic) bond motifs is 1. The molecule has 2 amide bonds. The number of hydrogen-bond acceptors (Lipinski definition) is 4. The molecular formula is C12H12N2O4. The Hall–Kier alpha value is -2.24. The predicted octanol–water partition coefficient (Wildman–Crippen LogP) is 0.287. The van der Waals surface area contributed by atoms with E-state index in [0.717, 1.165) is 0 Å². The second-order valence-electron chi connectivity index (χ2n) is 4.30. The van der Waals surface area contributed by atoms with Gasteiger partial charge in [0, 0.05) is 12.6 Å². The van der Waals surface area contributed by atoms with Crippen LogP contribution in [0.3, 0.4) is 0 Å². The van der Waals surface area contributed by atoms with Gasteiger partial charge in [0.25, 0.3) is 5.91 Å². The molecule has 0 unspecified atom stereocenters. The molecule has 18 heavy (non-hydrogen) atoms. The van der Waals surface area contributed by atoms with Crippen LogP contribution in [0, 0.1) is 0 Å². The van der Waals surface area contributed by atoms with Crippen molar-refractivity contribution in [2.45, 2.75) is 0 Å². The van der Waals surface area contributed by atoms with Crippen molar-refractivity contribution in [2.24, 2.45) is 0 Å². The van der Waals surface area contributed by atoms with Crippen molar-refractivity contribution in [1.29, 1.82) is 0 Å². The van der Waals surface area contributed by atoms with Crippen LogP contribution in [0.4, 0.5) is 0 Å². The molecule has 0 aliphatic carbocycles. The van der Waals surface area contributed by atoms with Crippen LogP contribution in [0.25, 0.3) is 0 Å². The van der Waals surface area contributed by atoms with E-state index in [1.165, 1.54) is 9.80 Å². The summed E-state index contributed by atoms with van der Waals surface area (Å²) in [5, 5.41) is 0. The van der Waals surface area contributed by atoms with Crippen molar-refractivity contribution in [3.05, 3.63) is 23.8 Å². The number of likely N-dealkylation sites (N-methyl/N-ethyl adjacent to an activating group) is 1. The van der Waals surface area contributed by atoms with E-state index < -0.39 is 0 Å². The summed E-state index contributed by atoms with van der Waals surface area (Å²) in [6.07, 6.45) is 0. The maximum absolute atomic E-state index is 12.2. The van der Waals surface area contributed by atoms with Gasteiger partial charge in [-0.2, -0.15) is 0 Å². The molecule has 2 heterocycles. The third kappa shape index (κ3) is 1.66. The molecule has 6 nitrogen and oxygen atoms in total. The predicted molar refractivity (Wildman–Crippen MR) is 61.2 cm³/mol. The van der Waals surface area contributed by atoms with Gasteiger partial charge in [-0.05, 0) is 18.2 Å². The highest BCUT2D eigenvalue weighted by Gasteiger charge is 2.29. The van der Waals surface area contributed by atoms with E-state index in [0.29, 0.717) is 23.7 Å². The lowest BCUT2D eigenvalue weighted by Crippen LogP contribution is -2.30. The molecule has 3 rings (SSSR count). The van der Waals surface area contributed by atoms with E-state index in [-0.39, 0.29) is 25.2 Å². The summed E-state index contributed by atoms with van der Waals surface area (Å²) in [5.74, 6) is 0.982. The van der Waals surface area contributed by atoms with Gasteiger partial charge in [-0.1, -0.05) is 0 Å². The second kappa shape index (κ2) is 3.90. The van der Waals surface area contributed by atoms with Gasteiger partial charge >= 0.3 is 0 Å². The average molecular weight is 248 g/mol. The maximum atomic E-state index is 12.2. The number of rotatable bonds is 1. The molecule has 2 aliphatic rings. The zero-order chi connectivity index (χ0) is 12.7. The number of amides is 2. The van der Waals surface area contributed by atoms with Crippen molar-refractivity contribution >= 4 is 11.8 Å². The summed E-state index contributed by atoms with van der Waals surface area (Å²) in [5.41, 5.74) is 0.502. The number of carbonyl (C=O) groups excluding carboxylic acids is 2. The van der Waals surface area contributed by atoms with Gasteiger partial charge in [0.15, 0.2) is 11.5 Å². The van der Waals surface area contributed by atoms with Gasteiger partial charge in [-0.3, -0.25) is 9.59 Å². The van der Waals surface area contributed by atoms with Crippen LogP contribution in [0.2, 0.25) is 0 Å². The van der Waals surface area contributed by atoms with Gasteiger partial charge in [0.2, 0.25) is 12.7 Å². The number of ether oxygens (including phenoxy) is 2. The fourth-order valence-electron chi connectivity index (χ4n) is 2.02. The highest BCUT2D eigenvalue weighted by molar-refractivity contribution is 5.98. The number of carbonyl (C=O) groups is 2. The topological polar surface area (TPSA) is 59.1 Å². The van der Waals surface area contributed by atoms with E-state index in [1.807, 2.05) is 0 Å². The van der Waals surface area contributed by atoms with Gasteiger partial charge in [0.05, 0.1) is 6.67 Å². The molecule has 1 aromatic rings. The Kier molecular flexibility index (Phi) is 2.36. The van der Waals surface area contributed by atoms with E-state index >= 15 is 0 Å². The molecule has 0 bridgehead atoms. The molecule has 1 fully saturated rings. The van der Waals surface area contributed by atoms with E-state index in [9.17, 15) is 9.59 Å². The van der Waals surface area contributed by atoms with Crippen LogP contribution in [-0.2, 0) is 4.79 Å². The minimum Gasteiger partial charge on any atom is -0.454 e. The van der Waals surface area contributed by atoms with Crippen molar-refractivity contribution in [3.8, 4) is 11.5 Å². The Labute approximate surface area is 104 Å². The quantitative estimate of drug-likeness (QED) is 0.716. The summed E-state index contributed by atoms with van der Waals surface area (Å²) in [7, 11) is 1.68. The Balaban J connectivity index is 1.83. The fourth-order valence-corrected chi connectivity index (χ4v) is 2.02. The molecule has 2 aliphatic heterocycles. The lowest BCUT2D eigenvalue weighted by Gasteiger charge is -2.15. The smallest absolute Gasteiger partial charge is 0.255 e. The summed E-state index contributed by atoms with van der Waals surface area (Å²) >= 11 is 0. The van der Waals surface area contributed by atoms with Crippen LogP contribution in [0.1, 0.15) is 10.4 Å². The Bertz CT molecular complexity index is 529. The second-order valence-corrected chi connectivity index (χ2v) is 4.30. The monoisotopic (exact) mass is 248 g/mol. The first-order valence-electron chi connectivity index (χ1n) is 5.58. The van der Waals surface area contributed by atoms with Gasteiger partial charge in [-0.25, -0.2) is 0 Å². The molecule has 0 saturated carbocycles. The molecule has 1 aromatic carbocycles. The number of nitrogens with zero attached hydrogens (tertiary/aromatic N) is 2. The standard InChI is InChI=1S/C12H12N2O4/c1-13-6-14(5-11(13)15)12(16)8-2-3-9-10(4-8)18-7-17-9/h2-4H,5-7H2,1H3. The summed E-state index contributed by atoms with van der Waals surface area (Å²) in [6.45, 7) is 0.633. The first kappa shape index (κ1) is 10.9. The van der Waals surface area contributed by atoms with Crippen LogP contribution < -0.4 is 9.47 Å². The lowest BCUT2D eigenvalue weighted by molar-refractivity contribution is -0.125. The minimum absolute atomic E-state index is 0.0518. The largest absolute Gasteiger partial charge is 0.454 e. The van der Waals surface area contributed by atoms with Gasteiger partial charge in [-0.15, -0.1) is 0 Å². The first-order chi connectivity index (χ1) is 8.65. The fraction of sp³-hybridized carbons (Fsp3) is 0.333. The molecule has 1 saturated heterocycles. The Morgan fingerprint density at radius 2 is 2.06 bits per heavy atom. The van der Waals surface area contributed by atoms with Crippen LogP contribution >= 0.6 is 0 Å². The minimum atomic E-state index is -0.175. The number of hydrogen-bond donors (Lipinski definition) is 0. The third-order valence-electron chi connectivity index (χ3n) is 3.04. The highest BCUT2D eigenvalue weighted by atomic mass is 16.7.